The third-order valence-electron chi connectivity index (χ3n) is 4.28. The van der Waals surface area contributed by atoms with Gasteiger partial charge in [0.1, 0.15) is 11.5 Å². The lowest BCUT2D eigenvalue weighted by Crippen LogP contribution is -2.27. The third kappa shape index (κ3) is 2.46. The van der Waals surface area contributed by atoms with Crippen LogP contribution in [-0.2, 0) is 5.67 Å². The average Bonchev–Trinajstić information content (AvgIpc) is 2.86. The first-order chi connectivity index (χ1) is 8.93. The summed E-state index contributed by atoms with van der Waals surface area (Å²) < 4.78 is 14.1. The molecule has 2 aliphatic rings. The molecule has 0 bridgehead atoms. The number of anilines is 1. The zero-order chi connectivity index (χ0) is 13.6. The summed E-state index contributed by atoms with van der Waals surface area (Å²) in [6, 6.07) is 3.92. The molecule has 1 N–H and O–H groups in total. The van der Waals surface area contributed by atoms with E-state index in [0.29, 0.717) is 5.69 Å². The van der Waals surface area contributed by atoms with Gasteiger partial charge in [0.05, 0.1) is 5.69 Å². The summed E-state index contributed by atoms with van der Waals surface area (Å²) in [5.74, 6) is 2.39. The normalized spacial score (nSPS) is 26.8. The fourth-order valence-electron chi connectivity index (χ4n) is 3.16. The Bertz CT molecular complexity index is 469. The summed E-state index contributed by atoms with van der Waals surface area (Å²) >= 11 is 0. The van der Waals surface area contributed by atoms with Crippen molar-refractivity contribution in [2.75, 3.05) is 31.1 Å². The molecule has 0 spiro atoms. The molecule has 19 heavy (non-hydrogen) atoms. The molecule has 3 nitrogen and oxygen atoms in total. The lowest BCUT2D eigenvalue weighted by Gasteiger charge is -2.22. The molecule has 3 rings (SSSR count). The molecular formula is C15H22FN3. The number of alkyl halides is 1. The van der Waals surface area contributed by atoms with Crippen molar-refractivity contribution >= 4 is 5.82 Å². The van der Waals surface area contributed by atoms with Gasteiger partial charge < -0.3 is 10.2 Å². The molecule has 3 heterocycles. The summed E-state index contributed by atoms with van der Waals surface area (Å²) in [6.07, 6.45) is 0. The van der Waals surface area contributed by atoms with Crippen LogP contribution in [0.5, 0.6) is 0 Å². The Kier molecular flexibility index (Phi) is 3.01. The van der Waals surface area contributed by atoms with Crippen LogP contribution in [0, 0.1) is 18.8 Å². The number of halogens is 1. The Morgan fingerprint density at radius 1 is 1.26 bits per heavy atom. The molecule has 1 aromatic heterocycles. The average molecular weight is 263 g/mol. The van der Waals surface area contributed by atoms with Crippen molar-refractivity contribution in [2.24, 2.45) is 11.8 Å². The van der Waals surface area contributed by atoms with Crippen LogP contribution >= 0.6 is 0 Å². The summed E-state index contributed by atoms with van der Waals surface area (Å²) in [5.41, 5.74) is 0.247. The van der Waals surface area contributed by atoms with E-state index in [1.807, 2.05) is 13.0 Å². The summed E-state index contributed by atoms with van der Waals surface area (Å²) in [6.45, 7) is 9.45. The molecule has 104 valence electrons. The summed E-state index contributed by atoms with van der Waals surface area (Å²) in [7, 11) is 0. The molecule has 2 atom stereocenters. The molecule has 0 radical (unpaired) electrons. The minimum atomic E-state index is -1.38. The number of aryl methyl sites for hydroxylation is 1. The maximum absolute atomic E-state index is 14.1. The van der Waals surface area contributed by atoms with Gasteiger partial charge in [0.2, 0.25) is 0 Å². The second kappa shape index (κ2) is 4.44. The smallest absolute Gasteiger partial charge is 0.147 e. The quantitative estimate of drug-likeness (QED) is 0.887. The number of fused-ring (bicyclic) bond motifs is 1. The second-order valence-electron chi connectivity index (χ2n) is 6.44. The summed E-state index contributed by atoms with van der Waals surface area (Å²) in [4.78, 5) is 6.86. The number of hydrogen-bond acceptors (Lipinski definition) is 3. The maximum atomic E-state index is 14.1. The monoisotopic (exact) mass is 263 g/mol. The van der Waals surface area contributed by atoms with Crippen LogP contribution in [0.2, 0.25) is 0 Å². The maximum Gasteiger partial charge on any atom is 0.147 e. The van der Waals surface area contributed by atoms with Gasteiger partial charge in [-0.2, -0.15) is 0 Å². The standard InChI is InChI=1S/C15H22FN3/c1-10-4-13(15(2,3)16)18-14(5-10)19-8-11-6-17-7-12(11)9-19/h4-5,11-12,17H,6-9H2,1-3H3/t11-,12+. The minimum Gasteiger partial charge on any atom is -0.356 e. The van der Waals surface area contributed by atoms with Gasteiger partial charge in [0.25, 0.3) is 0 Å². The minimum absolute atomic E-state index is 0.540. The van der Waals surface area contributed by atoms with Crippen molar-refractivity contribution in [1.82, 2.24) is 10.3 Å². The van der Waals surface area contributed by atoms with Gasteiger partial charge in [0.15, 0.2) is 0 Å². The Labute approximate surface area is 114 Å². The van der Waals surface area contributed by atoms with Crippen LogP contribution in [0.3, 0.4) is 0 Å². The van der Waals surface area contributed by atoms with Crippen LogP contribution in [0.1, 0.15) is 25.1 Å². The number of hydrogen-bond donors (Lipinski definition) is 1. The molecular weight excluding hydrogens is 241 g/mol. The van der Waals surface area contributed by atoms with Gasteiger partial charge in [-0.15, -0.1) is 0 Å². The van der Waals surface area contributed by atoms with Crippen LogP contribution in [0.4, 0.5) is 10.2 Å². The van der Waals surface area contributed by atoms with Crippen molar-refractivity contribution in [3.05, 3.63) is 23.4 Å². The van der Waals surface area contributed by atoms with Gasteiger partial charge in [-0.3, -0.25) is 0 Å². The molecule has 0 aromatic carbocycles. The van der Waals surface area contributed by atoms with Gasteiger partial charge >= 0.3 is 0 Å². The largest absolute Gasteiger partial charge is 0.356 e. The van der Waals surface area contributed by atoms with Gasteiger partial charge in [-0.05, 0) is 50.3 Å². The first kappa shape index (κ1) is 12.9. The molecule has 0 aliphatic carbocycles. The molecule has 0 saturated carbocycles. The van der Waals surface area contributed by atoms with Crippen LogP contribution in [0.25, 0.3) is 0 Å². The highest BCUT2D eigenvalue weighted by Crippen LogP contribution is 2.32. The molecule has 2 aliphatic heterocycles. The van der Waals surface area contributed by atoms with Gasteiger partial charge in [-0.25, -0.2) is 9.37 Å². The molecule has 2 fully saturated rings. The number of aromatic nitrogens is 1. The predicted molar refractivity (Wildman–Crippen MR) is 75.2 cm³/mol. The second-order valence-corrected chi connectivity index (χ2v) is 6.44. The molecule has 0 amide bonds. The van der Waals surface area contributed by atoms with Crippen LogP contribution in [0.15, 0.2) is 12.1 Å². The number of rotatable bonds is 2. The first-order valence-electron chi connectivity index (χ1n) is 7.07. The van der Waals surface area contributed by atoms with E-state index < -0.39 is 5.67 Å². The number of nitrogens with zero attached hydrogens (tertiary/aromatic N) is 2. The molecule has 1 aromatic rings. The highest BCUT2D eigenvalue weighted by atomic mass is 19.1. The Morgan fingerprint density at radius 2 is 1.89 bits per heavy atom. The fraction of sp³-hybridized carbons (Fsp3) is 0.667. The lowest BCUT2D eigenvalue weighted by atomic mass is 10.0. The van der Waals surface area contributed by atoms with Crippen molar-refractivity contribution in [3.8, 4) is 0 Å². The number of nitrogens with one attached hydrogen (secondary N) is 1. The van der Waals surface area contributed by atoms with Crippen LogP contribution in [-0.4, -0.2) is 31.2 Å². The van der Waals surface area contributed by atoms with Crippen molar-refractivity contribution in [1.29, 1.82) is 0 Å². The molecule has 4 heteroatoms. The Balaban J connectivity index is 1.87. The van der Waals surface area contributed by atoms with E-state index in [0.717, 1.165) is 49.4 Å². The van der Waals surface area contributed by atoms with Crippen LogP contribution < -0.4 is 10.2 Å². The SMILES string of the molecule is Cc1cc(N2C[C@H]3CNC[C@H]3C2)nc(C(C)(C)F)c1. The van der Waals surface area contributed by atoms with E-state index in [-0.39, 0.29) is 0 Å². The highest BCUT2D eigenvalue weighted by molar-refractivity contribution is 5.45. The van der Waals surface area contributed by atoms with Crippen molar-refractivity contribution in [3.63, 3.8) is 0 Å². The zero-order valence-corrected chi connectivity index (χ0v) is 11.9. The van der Waals surface area contributed by atoms with E-state index >= 15 is 0 Å². The van der Waals surface area contributed by atoms with E-state index in [2.05, 4.69) is 21.3 Å². The predicted octanol–water partition coefficient (Wildman–Crippen LogP) is 2.25. The zero-order valence-electron chi connectivity index (χ0n) is 11.9. The fourth-order valence-corrected chi connectivity index (χ4v) is 3.16. The number of pyridine rings is 1. The van der Waals surface area contributed by atoms with Crippen molar-refractivity contribution < 1.29 is 4.39 Å². The summed E-state index contributed by atoms with van der Waals surface area (Å²) in [5, 5.41) is 3.44. The first-order valence-corrected chi connectivity index (χ1v) is 7.07. The molecule has 0 unspecified atom stereocenters. The lowest BCUT2D eigenvalue weighted by molar-refractivity contribution is 0.214. The van der Waals surface area contributed by atoms with E-state index in [4.69, 9.17) is 0 Å². The Hall–Kier alpha value is -1.16. The topological polar surface area (TPSA) is 28.2 Å². The third-order valence-corrected chi connectivity index (χ3v) is 4.28. The van der Waals surface area contributed by atoms with Crippen molar-refractivity contribution in [2.45, 2.75) is 26.4 Å². The molecule has 2 saturated heterocycles. The van der Waals surface area contributed by atoms with Gasteiger partial charge in [0, 0.05) is 26.2 Å². The van der Waals surface area contributed by atoms with E-state index in [9.17, 15) is 4.39 Å². The van der Waals surface area contributed by atoms with E-state index in [1.54, 1.807) is 13.8 Å². The Morgan fingerprint density at radius 3 is 2.47 bits per heavy atom. The highest BCUT2D eigenvalue weighted by Gasteiger charge is 2.37. The van der Waals surface area contributed by atoms with Gasteiger partial charge in [-0.1, -0.05) is 0 Å². The van der Waals surface area contributed by atoms with E-state index in [1.165, 1.54) is 0 Å².